The van der Waals surface area contributed by atoms with Crippen LogP contribution in [0.5, 0.6) is 0 Å². The molecule has 14 heteroatoms. The molecule has 3 atom stereocenters. The number of alkyl halides is 3. The van der Waals surface area contributed by atoms with E-state index in [0.29, 0.717) is 16.7 Å². The van der Waals surface area contributed by atoms with Crippen molar-refractivity contribution in [3.8, 4) is 0 Å². The van der Waals surface area contributed by atoms with Crippen molar-refractivity contribution in [3.63, 3.8) is 0 Å². The molecule has 0 bridgehead atoms. The number of aromatic nitrogens is 4. The molecular weight excluding hydrogens is 820 g/mol. The fourth-order valence-electron chi connectivity index (χ4n) is 5.10. The first kappa shape index (κ1) is 33.1. The molecule has 236 valence electrons. The van der Waals surface area contributed by atoms with Crippen molar-refractivity contribution in [3.05, 3.63) is 119 Å². The molecule has 0 saturated carbocycles. The fraction of sp³-hybridized carbons (Fsp3) is 0.250. The number of β-lactam (4-membered cyclic amide) rings is 1. The number of hydrogen-bond donors (Lipinski definition) is 0. The zero-order valence-corrected chi connectivity index (χ0v) is 30.7. The standard InChI is InChI=1S/C32H27Br3N6O3S2/c1-40-31(37-38-39-40)46-18-23-17-45-29-24(36-19-32(34,35)27(33)22-15-9-4-10-16-22)28(42)41(29)25(23)30(43)44-26(20-11-5-2-6-12-20)21-13-7-3-8-14-21/h2-16,19,24,26-27,29H,17-18H2,1H3/t24-,27?,29+/m1/s1. The zero-order valence-electron chi connectivity index (χ0n) is 24.3. The molecule has 6 rings (SSSR count). The number of carbonyl (C=O) groups is 2. The summed E-state index contributed by atoms with van der Waals surface area (Å²) >= 11 is 14.2. The molecule has 1 amide bonds. The second kappa shape index (κ2) is 14.5. The van der Waals surface area contributed by atoms with E-state index in [1.54, 1.807) is 34.6 Å². The summed E-state index contributed by atoms with van der Waals surface area (Å²) in [5.74, 6) is 0.0981. The van der Waals surface area contributed by atoms with E-state index in [4.69, 9.17) is 9.73 Å². The van der Waals surface area contributed by atoms with Crippen molar-refractivity contribution in [1.29, 1.82) is 0 Å². The summed E-state index contributed by atoms with van der Waals surface area (Å²) in [4.78, 5) is 34.1. The Morgan fingerprint density at radius 3 is 2.20 bits per heavy atom. The van der Waals surface area contributed by atoms with Crippen molar-refractivity contribution >= 4 is 89.4 Å². The zero-order chi connectivity index (χ0) is 32.3. The van der Waals surface area contributed by atoms with Crippen LogP contribution < -0.4 is 0 Å². The number of thioether (sulfide) groups is 2. The van der Waals surface area contributed by atoms with Crippen LogP contribution in [-0.2, 0) is 21.4 Å². The predicted molar refractivity (Wildman–Crippen MR) is 191 cm³/mol. The Bertz CT molecular complexity index is 1720. The minimum absolute atomic E-state index is 0.160. The van der Waals surface area contributed by atoms with Crippen LogP contribution in [0.4, 0.5) is 0 Å². The summed E-state index contributed by atoms with van der Waals surface area (Å²) < 4.78 is 7.09. The van der Waals surface area contributed by atoms with Crippen LogP contribution in [0.3, 0.4) is 0 Å². The van der Waals surface area contributed by atoms with E-state index in [1.807, 2.05) is 91.0 Å². The van der Waals surface area contributed by atoms with Gasteiger partial charge in [0.05, 0.1) is 4.83 Å². The molecule has 1 fully saturated rings. The van der Waals surface area contributed by atoms with Gasteiger partial charge in [-0.2, -0.15) is 0 Å². The monoisotopic (exact) mass is 844 g/mol. The second-order valence-corrected chi connectivity index (χ2v) is 17.2. The summed E-state index contributed by atoms with van der Waals surface area (Å²) in [6.07, 6.45) is 1.04. The number of aliphatic imine (C=N–C) groups is 1. The van der Waals surface area contributed by atoms with Crippen LogP contribution >= 0.6 is 71.3 Å². The highest BCUT2D eigenvalue weighted by Gasteiger charge is 2.54. The van der Waals surface area contributed by atoms with Crippen LogP contribution in [0.15, 0.2) is 112 Å². The van der Waals surface area contributed by atoms with Gasteiger partial charge in [0.1, 0.15) is 14.3 Å². The van der Waals surface area contributed by atoms with E-state index in [2.05, 4.69) is 63.3 Å². The number of hydrogen-bond acceptors (Lipinski definition) is 9. The highest BCUT2D eigenvalue weighted by atomic mass is 79.9. The lowest BCUT2D eigenvalue weighted by molar-refractivity contribution is -0.153. The number of halogens is 3. The molecule has 9 nitrogen and oxygen atoms in total. The van der Waals surface area contributed by atoms with Gasteiger partial charge in [-0.1, -0.05) is 151 Å². The lowest BCUT2D eigenvalue weighted by atomic mass is 10.0. The Morgan fingerprint density at radius 1 is 1.04 bits per heavy atom. The van der Waals surface area contributed by atoms with Gasteiger partial charge in [-0.05, 0) is 32.7 Å². The quantitative estimate of drug-likeness (QED) is 0.0531. The highest BCUT2D eigenvalue weighted by molar-refractivity contribution is 9.26. The molecule has 2 aliphatic rings. The highest BCUT2D eigenvalue weighted by Crippen LogP contribution is 2.46. The van der Waals surface area contributed by atoms with E-state index in [-0.39, 0.29) is 21.8 Å². The topological polar surface area (TPSA) is 103 Å². The first-order valence-electron chi connectivity index (χ1n) is 14.2. The molecule has 1 saturated heterocycles. The molecule has 2 aliphatic heterocycles. The lowest BCUT2D eigenvalue weighted by Crippen LogP contribution is -2.64. The third kappa shape index (κ3) is 7.05. The maximum atomic E-state index is 14.2. The van der Waals surface area contributed by atoms with Crippen LogP contribution in [0, 0.1) is 0 Å². The average Bonchev–Trinajstić information content (AvgIpc) is 3.50. The van der Waals surface area contributed by atoms with Crippen LogP contribution in [0.25, 0.3) is 0 Å². The number of rotatable bonds is 11. The Kier molecular flexibility index (Phi) is 10.5. The Balaban J connectivity index is 1.28. The maximum Gasteiger partial charge on any atom is 0.356 e. The number of amides is 1. The van der Waals surface area contributed by atoms with E-state index in [9.17, 15) is 9.59 Å². The maximum absolute atomic E-state index is 14.2. The van der Waals surface area contributed by atoms with Gasteiger partial charge in [-0.15, -0.1) is 16.9 Å². The van der Waals surface area contributed by atoms with E-state index < -0.39 is 21.3 Å². The number of ether oxygens (including phenoxy) is 1. The Hall–Kier alpha value is -2.78. The molecule has 0 radical (unpaired) electrons. The van der Waals surface area contributed by atoms with Crippen molar-refractivity contribution in [2.75, 3.05) is 11.5 Å². The largest absolute Gasteiger partial charge is 0.448 e. The summed E-state index contributed by atoms with van der Waals surface area (Å²) in [7, 11) is 1.76. The molecule has 1 unspecified atom stereocenters. The second-order valence-electron chi connectivity index (χ2n) is 10.5. The Labute approximate surface area is 300 Å². The molecular formula is C32H27Br3N6O3S2. The smallest absolute Gasteiger partial charge is 0.356 e. The van der Waals surface area contributed by atoms with Gasteiger partial charge in [-0.25, -0.2) is 9.48 Å². The fourth-order valence-corrected chi connectivity index (χ4v) is 8.61. The molecule has 4 aromatic rings. The van der Waals surface area contributed by atoms with Gasteiger partial charge < -0.3 is 4.74 Å². The molecule has 3 aromatic carbocycles. The third-order valence-electron chi connectivity index (χ3n) is 7.44. The molecule has 46 heavy (non-hydrogen) atoms. The van der Waals surface area contributed by atoms with Gasteiger partial charge in [0.25, 0.3) is 5.91 Å². The van der Waals surface area contributed by atoms with Gasteiger partial charge >= 0.3 is 5.97 Å². The van der Waals surface area contributed by atoms with Gasteiger partial charge in [-0.3, -0.25) is 14.7 Å². The molecule has 0 N–H and O–H groups in total. The minimum atomic E-state index is -0.747. The van der Waals surface area contributed by atoms with Crippen LogP contribution in [0.1, 0.15) is 27.6 Å². The van der Waals surface area contributed by atoms with Gasteiger partial charge in [0, 0.05) is 24.8 Å². The van der Waals surface area contributed by atoms with Crippen LogP contribution in [-0.4, -0.2) is 69.4 Å². The Morgan fingerprint density at radius 2 is 1.63 bits per heavy atom. The van der Waals surface area contributed by atoms with E-state index in [1.165, 1.54) is 11.8 Å². The first-order valence-corrected chi connectivity index (χ1v) is 18.7. The van der Waals surface area contributed by atoms with Crippen molar-refractivity contribution < 1.29 is 14.3 Å². The van der Waals surface area contributed by atoms with Crippen molar-refractivity contribution in [2.45, 2.75) is 30.7 Å². The third-order valence-corrected chi connectivity index (χ3v) is 13.7. The molecule has 0 spiro atoms. The van der Waals surface area contributed by atoms with E-state index >= 15 is 0 Å². The summed E-state index contributed by atoms with van der Waals surface area (Å²) in [5, 5.41) is 11.9. The molecule has 0 aliphatic carbocycles. The van der Waals surface area contributed by atoms with E-state index in [0.717, 1.165) is 22.3 Å². The average molecular weight is 847 g/mol. The number of esters is 1. The number of carbonyl (C=O) groups excluding carboxylic acids is 2. The predicted octanol–water partition coefficient (Wildman–Crippen LogP) is 6.87. The lowest BCUT2D eigenvalue weighted by Gasteiger charge is -2.48. The normalized spacial score (nSPS) is 18.9. The summed E-state index contributed by atoms with van der Waals surface area (Å²) in [6.45, 7) is 0. The number of tetrazole rings is 1. The van der Waals surface area contributed by atoms with Gasteiger partial charge in [0.2, 0.25) is 5.16 Å². The number of benzene rings is 3. The molecule has 3 heterocycles. The summed E-state index contributed by atoms with van der Waals surface area (Å²) in [6, 6.07) is 28.4. The first-order chi connectivity index (χ1) is 22.2. The summed E-state index contributed by atoms with van der Waals surface area (Å²) in [5.41, 5.74) is 3.73. The van der Waals surface area contributed by atoms with Crippen molar-refractivity contribution in [1.82, 2.24) is 25.1 Å². The van der Waals surface area contributed by atoms with Crippen LogP contribution in [0.2, 0.25) is 0 Å². The number of nitrogens with zero attached hydrogens (tertiary/aromatic N) is 6. The van der Waals surface area contributed by atoms with Gasteiger partial charge in [0.15, 0.2) is 12.1 Å². The number of aryl methyl sites for hydroxylation is 1. The SMILES string of the molecule is Cn1nnnc1SCC1=C(C(=O)OC(c2ccccc2)c2ccccc2)N2C(=O)[C@@H](N=CC(Br)(Br)C(Br)c3ccccc3)[C@@H]2SC1. The van der Waals surface area contributed by atoms with Crippen molar-refractivity contribution in [2.24, 2.45) is 12.0 Å². The number of fused-ring (bicyclic) bond motifs is 1. The minimum Gasteiger partial charge on any atom is -0.448 e. The molecule has 1 aromatic heterocycles.